The van der Waals surface area contributed by atoms with Gasteiger partial charge < -0.3 is 14.9 Å². The smallest absolute Gasteiger partial charge is 0.119 e. The Bertz CT molecular complexity index is 403. The second kappa shape index (κ2) is 7.65. The molecule has 0 aromatic heterocycles. The molecule has 3 nitrogen and oxygen atoms in total. The monoisotopic (exact) mass is 280 g/mol. The number of hydrogen-bond acceptors (Lipinski definition) is 3. The van der Waals surface area contributed by atoms with Crippen molar-refractivity contribution in [1.29, 1.82) is 0 Å². The highest BCUT2D eigenvalue weighted by Gasteiger charge is 2.19. The van der Waals surface area contributed by atoms with Gasteiger partial charge in [-0.3, -0.25) is 0 Å². The van der Waals surface area contributed by atoms with Crippen molar-refractivity contribution < 1.29 is 14.9 Å². The molecule has 0 aliphatic heterocycles. The predicted molar refractivity (Wildman–Crippen MR) is 82.4 cm³/mol. The van der Waals surface area contributed by atoms with Crippen LogP contribution in [0.3, 0.4) is 0 Å². The van der Waals surface area contributed by atoms with Gasteiger partial charge in [0.15, 0.2) is 0 Å². The SMILES string of the molecule is CCCOc1cc(C)c(C(C)CC(O)C(C)O)c(C)c1. The van der Waals surface area contributed by atoms with E-state index in [0.29, 0.717) is 6.42 Å². The van der Waals surface area contributed by atoms with Crippen molar-refractivity contribution in [3.8, 4) is 5.75 Å². The van der Waals surface area contributed by atoms with Crippen molar-refractivity contribution >= 4 is 0 Å². The van der Waals surface area contributed by atoms with E-state index in [1.807, 2.05) is 0 Å². The van der Waals surface area contributed by atoms with Crippen LogP contribution in [0.15, 0.2) is 12.1 Å². The number of aliphatic hydroxyl groups is 2. The van der Waals surface area contributed by atoms with Gasteiger partial charge in [0.05, 0.1) is 18.8 Å². The molecule has 0 saturated heterocycles. The van der Waals surface area contributed by atoms with E-state index in [-0.39, 0.29) is 5.92 Å². The molecule has 2 N–H and O–H groups in total. The maximum atomic E-state index is 9.84. The molecule has 0 spiro atoms. The minimum atomic E-state index is -0.690. The third-order valence-electron chi connectivity index (χ3n) is 3.68. The summed E-state index contributed by atoms with van der Waals surface area (Å²) < 4.78 is 5.68. The Balaban J connectivity index is 2.89. The molecule has 0 saturated carbocycles. The zero-order valence-corrected chi connectivity index (χ0v) is 13.3. The Morgan fingerprint density at radius 2 is 1.65 bits per heavy atom. The van der Waals surface area contributed by atoms with Crippen LogP contribution in [-0.2, 0) is 0 Å². The molecule has 0 heterocycles. The fourth-order valence-corrected chi connectivity index (χ4v) is 2.69. The maximum absolute atomic E-state index is 9.84. The fraction of sp³-hybridized carbons (Fsp3) is 0.647. The van der Waals surface area contributed by atoms with E-state index in [2.05, 4.69) is 39.8 Å². The van der Waals surface area contributed by atoms with Crippen LogP contribution >= 0.6 is 0 Å². The number of rotatable bonds is 7. The number of hydrogen-bond donors (Lipinski definition) is 2. The largest absolute Gasteiger partial charge is 0.494 e. The van der Waals surface area contributed by atoms with Crippen LogP contribution in [0.25, 0.3) is 0 Å². The van der Waals surface area contributed by atoms with Crippen LogP contribution in [0.2, 0.25) is 0 Å². The van der Waals surface area contributed by atoms with Crippen molar-refractivity contribution in [2.75, 3.05) is 6.61 Å². The molecule has 3 heteroatoms. The van der Waals surface area contributed by atoms with Crippen LogP contribution in [0.1, 0.15) is 56.2 Å². The molecule has 3 atom stereocenters. The molecule has 3 unspecified atom stereocenters. The number of aliphatic hydroxyl groups excluding tert-OH is 2. The zero-order valence-electron chi connectivity index (χ0n) is 13.3. The van der Waals surface area contributed by atoms with Gasteiger partial charge in [-0.15, -0.1) is 0 Å². The average molecular weight is 280 g/mol. The Labute approximate surface area is 122 Å². The summed E-state index contributed by atoms with van der Waals surface area (Å²) >= 11 is 0. The Hall–Kier alpha value is -1.06. The lowest BCUT2D eigenvalue weighted by atomic mass is 9.87. The number of ether oxygens (including phenoxy) is 1. The van der Waals surface area contributed by atoms with Gasteiger partial charge in [-0.2, -0.15) is 0 Å². The molecule has 1 aromatic rings. The molecule has 114 valence electrons. The average Bonchev–Trinajstić information content (AvgIpc) is 2.35. The van der Waals surface area contributed by atoms with Crippen LogP contribution < -0.4 is 4.74 Å². The summed E-state index contributed by atoms with van der Waals surface area (Å²) in [6.45, 7) is 10.7. The van der Waals surface area contributed by atoms with Crippen molar-refractivity contribution in [1.82, 2.24) is 0 Å². The number of benzene rings is 1. The van der Waals surface area contributed by atoms with Gasteiger partial charge in [0, 0.05) is 0 Å². The van der Waals surface area contributed by atoms with Gasteiger partial charge in [-0.05, 0) is 68.4 Å². The fourth-order valence-electron chi connectivity index (χ4n) is 2.69. The van der Waals surface area contributed by atoms with Crippen LogP contribution in [0, 0.1) is 13.8 Å². The summed E-state index contributed by atoms with van der Waals surface area (Å²) in [5.74, 6) is 1.12. The molecule has 0 aliphatic rings. The molecule has 0 amide bonds. The maximum Gasteiger partial charge on any atom is 0.119 e. The molecule has 0 fully saturated rings. The van der Waals surface area contributed by atoms with Crippen LogP contribution in [0.4, 0.5) is 0 Å². The lowest BCUT2D eigenvalue weighted by Crippen LogP contribution is -2.24. The van der Waals surface area contributed by atoms with Gasteiger partial charge in [0.2, 0.25) is 0 Å². The molecular weight excluding hydrogens is 252 g/mol. The van der Waals surface area contributed by atoms with E-state index in [1.165, 1.54) is 16.7 Å². The van der Waals surface area contributed by atoms with Crippen molar-refractivity contribution in [3.05, 3.63) is 28.8 Å². The number of aryl methyl sites for hydroxylation is 2. The highest BCUT2D eigenvalue weighted by Crippen LogP contribution is 2.31. The van der Waals surface area contributed by atoms with E-state index in [9.17, 15) is 10.2 Å². The van der Waals surface area contributed by atoms with Gasteiger partial charge in [0.1, 0.15) is 5.75 Å². The Morgan fingerprint density at radius 3 is 2.10 bits per heavy atom. The van der Waals surface area contributed by atoms with Gasteiger partial charge in [-0.25, -0.2) is 0 Å². The molecule has 0 bridgehead atoms. The first-order valence-corrected chi connectivity index (χ1v) is 7.46. The topological polar surface area (TPSA) is 49.7 Å². The van der Waals surface area contributed by atoms with E-state index in [0.717, 1.165) is 18.8 Å². The third-order valence-corrected chi connectivity index (χ3v) is 3.68. The summed E-state index contributed by atoms with van der Waals surface area (Å²) in [4.78, 5) is 0. The van der Waals surface area contributed by atoms with E-state index >= 15 is 0 Å². The van der Waals surface area contributed by atoms with E-state index < -0.39 is 12.2 Å². The molecule has 20 heavy (non-hydrogen) atoms. The highest BCUT2D eigenvalue weighted by molar-refractivity contribution is 5.43. The zero-order chi connectivity index (χ0) is 15.3. The van der Waals surface area contributed by atoms with Gasteiger partial charge in [-0.1, -0.05) is 13.8 Å². The second-order valence-corrected chi connectivity index (χ2v) is 5.76. The quantitative estimate of drug-likeness (QED) is 0.805. The van der Waals surface area contributed by atoms with E-state index in [1.54, 1.807) is 6.92 Å². The Kier molecular flexibility index (Phi) is 6.50. The molecule has 1 rings (SSSR count). The third kappa shape index (κ3) is 4.50. The van der Waals surface area contributed by atoms with Gasteiger partial charge in [0.25, 0.3) is 0 Å². The minimum absolute atomic E-state index is 0.208. The summed E-state index contributed by atoms with van der Waals surface area (Å²) in [7, 11) is 0. The first kappa shape index (κ1) is 17.0. The summed E-state index contributed by atoms with van der Waals surface area (Å²) in [6, 6.07) is 4.12. The second-order valence-electron chi connectivity index (χ2n) is 5.76. The highest BCUT2D eigenvalue weighted by atomic mass is 16.5. The van der Waals surface area contributed by atoms with Crippen molar-refractivity contribution in [2.45, 2.75) is 65.6 Å². The van der Waals surface area contributed by atoms with E-state index in [4.69, 9.17) is 4.74 Å². The lowest BCUT2D eigenvalue weighted by molar-refractivity contribution is 0.0226. The molecular formula is C17H28O3. The molecule has 0 radical (unpaired) electrons. The Morgan fingerprint density at radius 1 is 1.10 bits per heavy atom. The predicted octanol–water partition coefficient (Wildman–Crippen LogP) is 3.33. The normalized spacial score (nSPS) is 15.8. The molecule has 0 aliphatic carbocycles. The first-order valence-electron chi connectivity index (χ1n) is 7.46. The van der Waals surface area contributed by atoms with Gasteiger partial charge >= 0.3 is 0 Å². The van der Waals surface area contributed by atoms with Crippen molar-refractivity contribution in [3.63, 3.8) is 0 Å². The summed E-state index contributed by atoms with van der Waals surface area (Å²) in [6.07, 6.45) is 0.191. The first-order chi connectivity index (χ1) is 9.36. The summed E-state index contributed by atoms with van der Waals surface area (Å²) in [5, 5.41) is 19.3. The minimum Gasteiger partial charge on any atom is -0.494 e. The standard InChI is InChI=1S/C17H28O3/c1-6-7-20-15-8-11(2)17(12(3)9-15)13(4)10-16(19)14(5)18/h8-9,13-14,16,18-19H,6-7,10H2,1-5H3. The lowest BCUT2D eigenvalue weighted by Gasteiger charge is -2.22. The van der Waals surface area contributed by atoms with Crippen LogP contribution in [0.5, 0.6) is 5.75 Å². The van der Waals surface area contributed by atoms with Crippen molar-refractivity contribution in [2.24, 2.45) is 0 Å². The summed E-state index contributed by atoms with van der Waals surface area (Å²) in [5.41, 5.74) is 3.61. The van der Waals surface area contributed by atoms with Crippen LogP contribution in [-0.4, -0.2) is 29.0 Å². The molecule has 1 aromatic carbocycles.